The van der Waals surface area contributed by atoms with E-state index >= 15 is 0 Å². The third-order valence-corrected chi connectivity index (χ3v) is 5.73. The first-order valence-corrected chi connectivity index (χ1v) is 10.0. The number of piperidine rings is 1. The molecule has 3 rings (SSSR count). The van der Waals surface area contributed by atoms with Gasteiger partial charge in [0.15, 0.2) is 0 Å². The van der Waals surface area contributed by atoms with Crippen molar-refractivity contribution in [1.82, 2.24) is 10.2 Å². The molecular formula is C21H24Cl2N2O3. The number of halogens is 2. The minimum atomic E-state index is -0.374. The first-order chi connectivity index (χ1) is 13.5. The van der Waals surface area contributed by atoms with Crippen molar-refractivity contribution in [2.75, 3.05) is 20.2 Å². The average molecular weight is 423 g/mol. The Hall–Kier alpha value is -1.95. The second kappa shape index (κ2) is 9.50. The third kappa shape index (κ3) is 5.10. The summed E-state index contributed by atoms with van der Waals surface area (Å²) < 4.78 is 10.6. The molecule has 0 saturated carbocycles. The van der Waals surface area contributed by atoms with Crippen LogP contribution in [0.4, 0.5) is 4.79 Å². The quantitative estimate of drug-likeness (QED) is 0.674. The average Bonchev–Trinajstić information content (AvgIpc) is 2.71. The molecule has 1 N–H and O–H groups in total. The van der Waals surface area contributed by atoms with E-state index in [1.807, 2.05) is 30.3 Å². The summed E-state index contributed by atoms with van der Waals surface area (Å²) in [5, 5.41) is 4.15. The largest absolute Gasteiger partial charge is 0.456 e. The highest BCUT2D eigenvalue weighted by Gasteiger charge is 2.26. The standard InChI is InChI=1S/C21H24Cl2N2O3/c1-14(25-12-10-16(11-13-25)24-21(26)27-2)18-4-3-5-19(20(18)23)28-17-8-6-15(22)7-9-17/h3-9,14,16H,10-13H2,1-2H3,(H,24,26). The number of benzene rings is 2. The van der Waals surface area contributed by atoms with Gasteiger partial charge in [0.2, 0.25) is 0 Å². The summed E-state index contributed by atoms with van der Waals surface area (Å²) in [5.74, 6) is 1.31. The highest BCUT2D eigenvalue weighted by molar-refractivity contribution is 6.33. The molecule has 1 amide bonds. The molecular weight excluding hydrogens is 399 g/mol. The molecule has 1 unspecified atom stereocenters. The van der Waals surface area contributed by atoms with E-state index in [4.69, 9.17) is 27.9 Å². The number of hydrogen-bond acceptors (Lipinski definition) is 4. The van der Waals surface area contributed by atoms with E-state index in [0.29, 0.717) is 21.5 Å². The molecule has 0 bridgehead atoms. The Morgan fingerprint density at radius 1 is 1.14 bits per heavy atom. The van der Waals surface area contributed by atoms with Crippen LogP contribution >= 0.6 is 23.2 Å². The predicted octanol–water partition coefficient (Wildman–Crippen LogP) is 5.67. The van der Waals surface area contributed by atoms with Crippen molar-refractivity contribution < 1.29 is 14.3 Å². The number of nitrogens with one attached hydrogen (secondary N) is 1. The van der Waals surface area contributed by atoms with Crippen LogP contribution in [0.2, 0.25) is 10.0 Å². The number of likely N-dealkylation sites (tertiary alicyclic amines) is 1. The zero-order valence-corrected chi connectivity index (χ0v) is 17.5. The van der Waals surface area contributed by atoms with Crippen LogP contribution in [0.1, 0.15) is 31.4 Å². The Morgan fingerprint density at radius 3 is 2.46 bits per heavy atom. The van der Waals surface area contributed by atoms with Crippen LogP contribution < -0.4 is 10.1 Å². The van der Waals surface area contributed by atoms with Gasteiger partial charge in [-0.25, -0.2) is 4.79 Å². The van der Waals surface area contributed by atoms with Gasteiger partial charge in [0.1, 0.15) is 11.5 Å². The summed E-state index contributed by atoms with van der Waals surface area (Å²) in [6.45, 7) is 3.88. The maximum Gasteiger partial charge on any atom is 0.407 e. The van der Waals surface area contributed by atoms with Crippen LogP contribution in [0.25, 0.3) is 0 Å². The van der Waals surface area contributed by atoms with Crippen molar-refractivity contribution in [3.63, 3.8) is 0 Å². The highest BCUT2D eigenvalue weighted by atomic mass is 35.5. The third-order valence-electron chi connectivity index (χ3n) is 5.07. The Balaban J connectivity index is 1.66. The van der Waals surface area contributed by atoms with Gasteiger partial charge in [0.25, 0.3) is 0 Å². The Morgan fingerprint density at radius 2 is 1.82 bits per heavy atom. The fourth-order valence-corrected chi connectivity index (χ4v) is 3.86. The molecule has 1 heterocycles. The van der Waals surface area contributed by atoms with Crippen LogP contribution in [-0.2, 0) is 4.74 Å². The molecule has 150 valence electrons. The summed E-state index contributed by atoms with van der Waals surface area (Å²) in [5.41, 5.74) is 1.02. The second-order valence-corrected chi connectivity index (χ2v) is 7.65. The van der Waals surface area contributed by atoms with E-state index in [1.54, 1.807) is 12.1 Å². The van der Waals surface area contributed by atoms with Gasteiger partial charge in [-0.05, 0) is 55.7 Å². The monoisotopic (exact) mass is 422 g/mol. The number of ether oxygens (including phenoxy) is 2. The van der Waals surface area contributed by atoms with Crippen LogP contribution in [0.5, 0.6) is 11.5 Å². The fraction of sp³-hybridized carbons (Fsp3) is 0.381. The zero-order chi connectivity index (χ0) is 20.1. The summed E-state index contributed by atoms with van der Waals surface area (Å²) in [7, 11) is 1.38. The van der Waals surface area contributed by atoms with Gasteiger partial charge in [-0.3, -0.25) is 4.90 Å². The lowest BCUT2D eigenvalue weighted by atomic mass is 10.00. The minimum absolute atomic E-state index is 0.139. The molecule has 7 heteroatoms. The summed E-state index contributed by atoms with van der Waals surface area (Å²) in [6, 6.07) is 13.3. The zero-order valence-electron chi connectivity index (χ0n) is 16.0. The number of carbonyl (C=O) groups excluding carboxylic acids is 1. The molecule has 0 aromatic heterocycles. The molecule has 1 fully saturated rings. The van der Waals surface area contributed by atoms with Crippen LogP contribution in [-0.4, -0.2) is 37.2 Å². The van der Waals surface area contributed by atoms with Crippen LogP contribution in [0.3, 0.4) is 0 Å². The van der Waals surface area contributed by atoms with E-state index in [1.165, 1.54) is 7.11 Å². The molecule has 1 atom stereocenters. The SMILES string of the molecule is COC(=O)NC1CCN(C(C)c2cccc(Oc3ccc(Cl)cc3)c2Cl)CC1. The lowest BCUT2D eigenvalue weighted by molar-refractivity contribution is 0.135. The molecule has 0 aliphatic carbocycles. The van der Waals surface area contributed by atoms with Gasteiger partial charge in [-0.1, -0.05) is 35.3 Å². The molecule has 5 nitrogen and oxygen atoms in total. The first-order valence-electron chi connectivity index (χ1n) is 9.28. The summed E-state index contributed by atoms with van der Waals surface area (Å²) >= 11 is 12.6. The normalized spacial score (nSPS) is 16.4. The number of methoxy groups -OCH3 is 1. The highest BCUT2D eigenvalue weighted by Crippen LogP contribution is 2.37. The molecule has 1 aliphatic heterocycles. The number of alkyl carbamates (subject to hydrolysis) is 1. The number of nitrogens with zero attached hydrogens (tertiary/aromatic N) is 1. The van der Waals surface area contributed by atoms with Crippen molar-refractivity contribution in [2.24, 2.45) is 0 Å². The topological polar surface area (TPSA) is 50.8 Å². The molecule has 1 saturated heterocycles. The molecule has 2 aromatic carbocycles. The second-order valence-electron chi connectivity index (χ2n) is 6.84. The van der Waals surface area contributed by atoms with E-state index in [9.17, 15) is 4.79 Å². The van der Waals surface area contributed by atoms with Crippen molar-refractivity contribution in [3.8, 4) is 11.5 Å². The van der Waals surface area contributed by atoms with Crippen molar-refractivity contribution in [3.05, 3.63) is 58.1 Å². The molecule has 0 spiro atoms. The van der Waals surface area contributed by atoms with Crippen molar-refractivity contribution in [2.45, 2.75) is 31.8 Å². The van der Waals surface area contributed by atoms with E-state index in [2.05, 4.69) is 21.9 Å². The lowest BCUT2D eigenvalue weighted by Gasteiger charge is -2.36. The number of carbonyl (C=O) groups is 1. The lowest BCUT2D eigenvalue weighted by Crippen LogP contribution is -2.45. The van der Waals surface area contributed by atoms with Gasteiger partial charge in [-0.2, -0.15) is 0 Å². The van der Waals surface area contributed by atoms with Gasteiger partial charge in [0, 0.05) is 30.2 Å². The van der Waals surface area contributed by atoms with Gasteiger partial charge in [0.05, 0.1) is 12.1 Å². The Labute approximate surface area is 175 Å². The predicted molar refractivity (Wildman–Crippen MR) is 112 cm³/mol. The van der Waals surface area contributed by atoms with Crippen LogP contribution in [0, 0.1) is 0 Å². The van der Waals surface area contributed by atoms with E-state index in [0.717, 1.165) is 31.5 Å². The van der Waals surface area contributed by atoms with E-state index in [-0.39, 0.29) is 18.2 Å². The van der Waals surface area contributed by atoms with Crippen LogP contribution in [0.15, 0.2) is 42.5 Å². The van der Waals surface area contributed by atoms with Crippen molar-refractivity contribution in [1.29, 1.82) is 0 Å². The van der Waals surface area contributed by atoms with Crippen molar-refractivity contribution >= 4 is 29.3 Å². The molecule has 1 aliphatic rings. The number of rotatable bonds is 5. The van der Waals surface area contributed by atoms with Gasteiger partial charge >= 0.3 is 6.09 Å². The maximum absolute atomic E-state index is 11.4. The minimum Gasteiger partial charge on any atom is -0.456 e. The number of amides is 1. The number of hydrogen-bond donors (Lipinski definition) is 1. The maximum atomic E-state index is 11.4. The fourth-order valence-electron chi connectivity index (χ4n) is 3.41. The smallest absolute Gasteiger partial charge is 0.407 e. The Kier molecular flexibility index (Phi) is 7.05. The molecule has 2 aromatic rings. The molecule has 0 radical (unpaired) electrons. The first kappa shape index (κ1) is 20.8. The van der Waals surface area contributed by atoms with E-state index < -0.39 is 0 Å². The van der Waals surface area contributed by atoms with Gasteiger partial charge < -0.3 is 14.8 Å². The summed E-state index contributed by atoms with van der Waals surface area (Å²) in [4.78, 5) is 13.7. The summed E-state index contributed by atoms with van der Waals surface area (Å²) in [6.07, 6.45) is 1.37. The Bertz CT molecular complexity index is 806. The van der Waals surface area contributed by atoms with Gasteiger partial charge in [-0.15, -0.1) is 0 Å². The molecule has 28 heavy (non-hydrogen) atoms.